The van der Waals surface area contributed by atoms with Crippen molar-refractivity contribution in [3.63, 3.8) is 0 Å². The normalized spacial score (nSPS) is 16.4. The Morgan fingerprint density at radius 1 is 1.24 bits per heavy atom. The molecule has 210 valence electrons. The first-order valence-electron chi connectivity index (χ1n) is 12.5. The lowest BCUT2D eigenvalue weighted by Crippen LogP contribution is -2.56. The van der Waals surface area contributed by atoms with Gasteiger partial charge in [-0.1, -0.05) is 37.6 Å². The highest BCUT2D eigenvalue weighted by Crippen LogP contribution is 2.21. The summed E-state index contributed by atoms with van der Waals surface area (Å²) in [5.74, 6) is -2.19. The van der Waals surface area contributed by atoms with Gasteiger partial charge in [0, 0.05) is 18.1 Å². The number of Topliss-reactive ketones (excluding diaryl/α,β-unsaturated/α-hetero) is 1. The van der Waals surface area contributed by atoms with Crippen molar-refractivity contribution in [2.75, 3.05) is 19.8 Å². The minimum atomic E-state index is -1.24. The van der Waals surface area contributed by atoms with Crippen LogP contribution in [0.25, 0.3) is 0 Å². The second kappa shape index (κ2) is 15.1. The van der Waals surface area contributed by atoms with Crippen molar-refractivity contribution in [3.05, 3.63) is 34.9 Å². The fourth-order valence-corrected chi connectivity index (χ4v) is 4.33. The second-order valence-electron chi connectivity index (χ2n) is 9.37. The molecule has 1 aromatic rings. The van der Waals surface area contributed by atoms with Crippen LogP contribution in [0.4, 0.5) is 9.18 Å². The van der Waals surface area contributed by atoms with E-state index in [0.29, 0.717) is 36.4 Å². The molecule has 3 atom stereocenters. The van der Waals surface area contributed by atoms with Crippen LogP contribution in [0, 0.1) is 5.92 Å². The third-order valence-electron chi connectivity index (χ3n) is 6.09. The molecule has 13 heteroatoms. The molecule has 0 aliphatic carbocycles. The number of carbonyl (C=O) groups is 4. The van der Waals surface area contributed by atoms with Gasteiger partial charge in [-0.3, -0.25) is 19.4 Å². The van der Waals surface area contributed by atoms with Gasteiger partial charge < -0.3 is 31.7 Å². The van der Waals surface area contributed by atoms with Gasteiger partial charge in [0.25, 0.3) is 0 Å². The molecule has 0 unspecified atom stereocenters. The number of alkyl carbamates (subject to hydrolysis) is 1. The van der Waals surface area contributed by atoms with E-state index >= 15 is 0 Å². The quantitative estimate of drug-likeness (QED) is 0.163. The van der Waals surface area contributed by atoms with Gasteiger partial charge in [0.1, 0.15) is 25.4 Å². The third kappa shape index (κ3) is 9.47. The SMILES string of the molecule is CC(C)[C@H](NC(=O)OCc1cccc(Cl)c1)C(=O)N1CCC[C@H]1C(=O)N[C@@H](CCCN=C(N)N)C(=O)CF. The zero-order chi connectivity index (χ0) is 28.2. The molecular weight excluding hydrogens is 519 g/mol. The van der Waals surface area contributed by atoms with E-state index in [1.165, 1.54) is 4.90 Å². The zero-order valence-electron chi connectivity index (χ0n) is 21.6. The molecule has 1 saturated heterocycles. The predicted molar refractivity (Wildman–Crippen MR) is 141 cm³/mol. The number of benzene rings is 1. The van der Waals surface area contributed by atoms with E-state index in [2.05, 4.69) is 15.6 Å². The van der Waals surface area contributed by atoms with Crippen molar-refractivity contribution < 1.29 is 28.3 Å². The van der Waals surface area contributed by atoms with Gasteiger partial charge in [-0.2, -0.15) is 0 Å². The lowest BCUT2D eigenvalue weighted by Gasteiger charge is -2.31. The number of carbonyl (C=O) groups excluding carboxylic acids is 4. The lowest BCUT2D eigenvalue weighted by molar-refractivity contribution is -0.141. The van der Waals surface area contributed by atoms with E-state index in [4.69, 9.17) is 27.8 Å². The number of nitrogens with zero attached hydrogens (tertiary/aromatic N) is 2. The fraction of sp³-hybridized carbons (Fsp3) is 0.560. The number of hydrogen-bond acceptors (Lipinski definition) is 6. The molecule has 1 aliphatic heterocycles. The van der Waals surface area contributed by atoms with Crippen molar-refractivity contribution in [1.29, 1.82) is 0 Å². The monoisotopic (exact) mass is 554 g/mol. The van der Waals surface area contributed by atoms with Gasteiger partial charge in [-0.15, -0.1) is 0 Å². The summed E-state index contributed by atoms with van der Waals surface area (Å²) >= 11 is 5.95. The molecule has 6 N–H and O–H groups in total. The predicted octanol–water partition coefficient (Wildman–Crippen LogP) is 1.66. The Morgan fingerprint density at radius 3 is 2.61 bits per heavy atom. The zero-order valence-corrected chi connectivity index (χ0v) is 22.4. The van der Waals surface area contributed by atoms with Gasteiger partial charge in [0.05, 0.1) is 6.04 Å². The van der Waals surface area contributed by atoms with Gasteiger partial charge in [-0.25, -0.2) is 9.18 Å². The minimum absolute atomic E-state index is 0.0344. The van der Waals surface area contributed by atoms with Gasteiger partial charge in [0.2, 0.25) is 11.8 Å². The number of ether oxygens (including phenoxy) is 1. The van der Waals surface area contributed by atoms with E-state index in [1.807, 2.05) is 0 Å². The number of halogens is 2. The van der Waals surface area contributed by atoms with Crippen LogP contribution in [0.3, 0.4) is 0 Å². The Labute approximate surface area is 226 Å². The molecule has 0 spiro atoms. The largest absolute Gasteiger partial charge is 0.445 e. The highest BCUT2D eigenvalue weighted by molar-refractivity contribution is 6.30. The number of ketones is 1. The van der Waals surface area contributed by atoms with Crippen LogP contribution in [0.5, 0.6) is 0 Å². The van der Waals surface area contributed by atoms with E-state index in [9.17, 15) is 23.6 Å². The molecule has 1 aliphatic rings. The molecule has 38 heavy (non-hydrogen) atoms. The molecule has 0 radical (unpaired) electrons. The first kappa shape index (κ1) is 30.8. The number of nitrogens with two attached hydrogens (primary N) is 2. The molecule has 1 heterocycles. The number of hydrogen-bond donors (Lipinski definition) is 4. The molecule has 3 amide bonds. The Morgan fingerprint density at radius 2 is 1.97 bits per heavy atom. The van der Waals surface area contributed by atoms with E-state index in [-0.39, 0.29) is 31.4 Å². The lowest BCUT2D eigenvalue weighted by atomic mass is 10.0. The average Bonchev–Trinajstić information content (AvgIpc) is 3.37. The molecule has 1 fully saturated rings. The summed E-state index contributed by atoms with van der Waals surface area (Å²) in [5, 5.41) is 5.68. The van der Waals surface area contributed by atoms with E-state index < -0.39 is 48.5 Å². The van der Waals surface area contributed by atoms with Crippen molar-refractivity contribution >= 4 is 41.3 Å². The Kier molecular flexibility index (Phi) is 12.3. The number of likely N-dealkylation sites (tertiary alicyclic amines) is 1. The number of rotatable bonds is 13. The first-order chi connectivity index (χ1) is 18.0. The number of alkyl halides is 1. The molecular formula is C25H36ClFN6O5. The summed E-state index contributed by atoms with van der Waals surface area (Å²) in [7, 11) is 0. The molecule has 0 saturated carbocycles. The minimum Gasteiger partial charge on any atom is -0.445 e. The topological polar surface area (TPSA) is 169 Å². The maximum absolute atomic E-state index is 13.4. The first-order valence-corrected chi connectivity index (χ1v) is 12.8. The number of guanidine groups is 1. The van der Waals surface area contributed by atoms with Crippen LogP contribution >= 0.6 is 11.6 Å². The fourth-order valence-electron chi connectivity index (χ4n) is 4.12. The van der Waals surface area contributed by atoms with Gasteiger partial charge in [0.15, 0.2) is 11.7 Å². The molecule has 0 aromatic heterocycles. The highest BCUT2D eigenvalue weighted by Gasteiger charge is 2.39. The molecule has 2 rings (SSSR count). The standard InChI is InChI=1S/C25H36ClFN6O5/c1-15(2)21(32-25(37)38-14-16-6-3-7-17(26)12-16)23(36)33-11-5-9-19(33)22(35)31-18(20(34)13-27)8-4-10-30-24(28)29/h3,6-7,12,15,18-19,21H,4-5,8-11,13-14H2,1-2H3,(H,31,35)(H,32,37)(H4,28,29,30)/t18-,19-,21-/m0/s1. The Bertz CT molecular complexity index is 1020. The summed E-state index contributed by atoms with van der Waals surface area (Å²) in [6.07, 6.45) is 0.623. The van der Waals surface area contributed by atoms with Crippen molar-refractivity contribution in [2.45, 2.75) is 64.3 Å². The average molecular weight is 555 g/mol. The Balaban J connectivity index is 2.02. The maximum atomic E-state index is 13.4. The van der Waals surface area contributed by atoms with Crippen molar-refractivity contribution in [3.8, 4) is 0 Å². The van der Waals surface area contributed by atoms with Crippen LogP contribution in [0.15, 0.2) is 29.3 Å². The van der Waals surface area contributed by atoms with Crippen molar-refractivity contribution in [1.82, 2.24) is 15.5 Å². The molecule has 1 aromatic carbocycles. The van der Waals surface area contributed by atoms with Crippen LogP contribution in [-0.4, -0.2) is 72.4 Å². The second-order valence-corrected chi connectivity index (χ2v) is 9.81. The summed E-state index contributed by atoms with van der Waals surface area (Å²) in [4.78, 5) is 56.2. The van der Waals surface area contributed by atoms with Crippen LogP contribution in [0.1, 0.15) is 45.1 Å². The number of aliphatic imine (C=N–C) groups is 1. The van der Waals surface area contributed by atoms with Gasteiger partial charge >= 0.3 is 6.09 Å². The van der Waals surface area contributed by atoms with Crippen LogP contribution in [-0.2, 0) is 25.7 Å². The van der Waals surface area contributed by atoms with E-state index in [0.717, 1.165) is 0 Å². The maximum Gasteiger partial charge on any atom is 0.408 e. The smallest absolute Gasteiger partial charge is 0.408 e. The Hall–Kier alpha value is -3.41. The van der Waals surface area contributed by atoms with Gasteiger partial charge in [-0.05, 0) is 49.3 Å². The van der Waals surface area contributed by atoms with E-state index in [1.54, 1.807) is 38.1 Å². The summed E-state index contributed by atoms with van der Waals surface area (Å²) in [6, 6.07) is 3.96. The van der Waals surface area contributed by atoms with Crippen LogP contribution in [0.2, 0.25) is 5.02 Å². The van der Waals surface area contributed by atoms with Crippen LogP contribution < -0.4 is 22.1 Å². The summed E-state index contributed by atoms with van der Waals surface area (Å²) < 4.78 is 18.4. The number of amides is 3. The third-order valence-corrected chi connectivity index (χ3v) is 6.32. The summed E-state index contributed by atoms with van der Waals surface area (Å²) in [5.41, 5.74) is 11.3. The molecule has 0 bridgehead atoms. The van der Waals surface area contributed by atoms with Crippen molar-refractivity contribution in [2.24, 2.45) is 22.4 Å². The molecule has 11 nitrogen and oxygen atoms in total. The number of nitrogens with one attached hydrogen (secondary N) is 2. The summed E-state index contributed by atoms with van der Waals surface area (Å²) in [6.45, 7) is 2.77. The highest BCUT2D eigenvalue weighted by atomic mass is 35.5.